The Hall–Kier alpha value is -0.280. The minimum absolute atomic E-state index is 1.58. The molecule has 0 unspecified atom stereocenters. The van der Waals surface area contributed by atoms with Crippen LogP contribution in [-0.2, 0) is 9.78 Å². The van der Waals surface area contributed by atoms with Gasteiger partial charge in [-0.05, 0) is 0 Å². The van der Waals surface area contributed by atoms with E-state index in [2.05, 4.69) is 9.78 Å². The molecule has 1 saturated heterocycles. The fourth-order valence-corrected chi connectivity index (χ4v) is 1.47. The lowest BCUT2D eigenvalue weighted by Crippen LogP contribution is -2.65. The first kappa shape index (κ1) is 9.28. The molecular formula is C6H10O7. The van der Waals surface area contributed by atoms with Gasteiger partial charge in [0.2, 0.25) is 0 Å². The van der Waals surface area contributed by atoms with Crippen molar-refractivity contribution in [3.8, 4) is 0 Å². The van der Waals surface area contributed by atoms with Crippen molar-refractivity contribution >= 4 is 0 Å². The van der Waals surface area contributed by atoms with Crippen LogP contribution in [0.5, 0.6) is 0 Å². The second-order valence-electron chi connectivity index (χ2n) is 3.25. The van der Waals surface area contributed by atoms with Gasteiger partial charge in [0.05, 0.1) is 0 Å². The van der Waals surface area contributed by atoms with Crippen LogP contribution in [0.15, 0.2) is 0 Å². The quantitative estimate of drug-likeness (QED) is 0.200. The maximum Gasteiger partial charge on any atom is 0.290 e. The van der Waals surface area contributed by atoms with E-state index in [-0.39, 0.29) is 0 Å². The lowest BCUT2D eigenvalue weighted by atomic mass is 9.83. The molecule has 7 nitrogen and oxygen atoms in total. The summed E-state index contributed by atoms with van der Waals surface area (Å²) in [4.78, 5) is 8.64. The van der Waals surface area contributed by atoms with Crippen molar-refractivity contribution < 1.29 is 35.3 Å². The van der Waals surface area contributed by atoms with E-state index < -0.39 is 36.3 Å². The molecule has 2 rings (SSSR count). The second kappa shape index (κ2) is 2.61. The Morgan fingerprint density at radius 2 is 1.08 bits per heavy atom. The molecule has 13 heavy (non-hydrogen) atoms. The van der Waals surface area contributed by atoms with E-state index in [0.717, 1.165) is 0 Å². The molecule has 76 valence electrons. The van der Waals surface area contributed by atoms with E-state index in [1.165, 1.54) is 0 Å². The van der Waals surface area contributed by atoms with Crippen molar-refractivity contribution in [2.45, 2.75) is 36.3 Å². The molecule has 0 aromatic carbocycles. The molecule has 1 spiro atoms. The van der Waals surface area contributed by atoms with E-state index in [1.807, 2.05) is 0 Å². The SMILES string of the molecule is OC1[C@H](O)[C@H](O)C2(OO2)[C@@H](O)[C@H]1O. The lowest BCUT2D eigenvalue weighted by molar-refractivity contribution is -0.215. The van der Waals surface area contributed by atoms with Gasteiger partial charge in [-0.15, -0.1) is 0 Å². The van der Waals surface area contributed by atoms with Crippen LogP contribution in [0, 0.1) is 0 Å². The Morgan fingerprint density at radius 1 is 0.692 bits per heavy atom. The van der Waals surface area contributed by atoms with Crippen LogP contribution in [0.1, 0.15) is 0 Å². The fourth-order valence-electron chi connectivity index (χ4n) is 1.47. The molecule has 1 heterocycles. The Kier molecular flexibility index (Phi) is 1.86. The average molecular weight is 194 g/mol. The van der Waals surface area contributed by atoms with Gasteiger partial charge in [0, 0.05) is 0 Å². The zero-order chi connectivity index (χ0) is 9.80. The Bertz CT molecular complexity index is 197. The van der Waals surface area contributed by atoms with Crippen molar-refractivity contribution in [1.29, 1.82) is 0 Å². The maximum atomic E-state index is 9.30. The first-order valence-corrected chi connectivity index (χ1v) is 3.78. The summed E-state index contributed by atoms with van der Waals surface area (Å²) in [5.41, 5.74) is 0. The molecule has 2 aliphatic rings. The van der Waals surface area contributed by atoms with Crippen molar-refractivity contribution in [3.63, 3.8) is 0 Å². The third-order valence-corrected chi connectivity index (χ3v) is 2.45. The summed E-state index contributed by atoms with van der Waals surface area (Å²) in [5.74, 6) is -1.78. The minimum Gasteiger partial charge on any atom is -0.387 e. The van der Waals surface area contributed by atoms with E-state index in [0.29, 0.717) is 0 Å². The predicted molar refractivity (Wildman–Crippen MR) is 34.9 cm³/mol. The Morgan fingerprint density at radius 3 is 1.38 bits per heavy atom. The van der Waals surface area contributed by atoms with Crippen LogP contribution in [-0.4, -0.2) is 61.8 Å². The van der Waals surface area contributed by atoms with E-state index in [9.17, 15) is 20.4 Å². The molecular weight excluding hydrogens is 184 g/mol. The molecule has 1 saturated carbocycles. The number of aliphatic hydroxyl groups is 5. The van der Waals surface area contributed by atoms with Gasteiger partial charge in [-0.1, -0.05) is 0 Å². The molecule has 0 aromatic heterocycles. The normalized spacial score (nSPS) is 53.8. The molecule has 0 amide bonds. The van der Waals surface area contributed by atoms with Gasteiger partial charge in [0.15, 0.2) is 0 Å². The molecule has 0 bridgehead atoms. The minimum atomic E-state index is -1.78. The van der Waals surface area contributed by atoms with E-state index >= 15 is 0 Å². The zero-order valence-corrected chi connectivity index (χ0v) is 6.44. The number of rotatable bonds is 0. The van der Waals surface area contributed by atoms with Crippen LogP contribution in [0.3, 0.4) is 0 Å². The third kappa shape index (κ3) is 1.03. The largest absolute Gasteiger partial charge is 0.387 e. The summed E-state index contributed by atoms with van der Waals surface area (Å²) in [6.07, 6.45) is -8.01. The number of hydrogen-bond acceptors (Lipinski definition) is 7. The molecule has 0 radical (unpaired) electrons. The first-order valence-electron chi connectivity index (χ1n) is 3.78. The van der Waals surface area contributed by atoms with Crippen molar-refractivity contribution in [2.24, 2.45) is 0 Å². The monoisotopic (exact) mass is 194 g/mol. The standard InChI is InChI=1S/C6H10O7/c7-1-2(8)4(10)6(12-13-6)5(11)3(1)9/h1-5,7-11H/t2-,3-,4-,5-/m0/s1. The van der Waals surface area contributed by atoms with Crippen molar-refractivity contribution in [1.82, 2.24) is 0 Å². The summed E-state index contributed by atoms with van der Waals surface area (Å²) in [6, 6.07) is 0. The van der Waals surface area contributed by atoms with Crippen LogP contribution >= 0.6 is 0 Å². The predicted octanol–water partition coefficient (Wildman–Crippen LogP) is -3.54. The van der Waals surface area contributed by atoms with E-state index in [4.69, 9.17) is 5.11 Å². The molecule has 7 heteroatoms. The van der Waals surface area contributed by atoms with Crippen molar-refractivity contribution in [2.75, 3.05) is 0 Å². The Balaban J connectivity index is 2.24. The Labute approximate surface area is 72.7 Å². The highest BCUT2D eigenvalue weighted by Gasteiger charge is 2.70. The molecule has 1 aliphatic carbocycles. The molecule has 0 aromatic rings. The third-order valence-electron chi connectivity index (χ3n) is 2.45. The molecule has 2 fully saturated rings. The van der Waals surface area contributed by atoms with Gasteiger partial charge in [-0.3, -0.25) is 0 Å². The summed E-state index contributed by atoms with van der Waals surface area (Å²) in [5, 5.41) is 46.1. The summed E-state index contributed by atoms with van der Waals surface area (Å²) < 4.78 is 0. The highest BCUT2D eigenvalue weighted by Crippen LogP contribution is 2.43. The van der Waals surface area contributed by atoms with Gasteiger partial charge >= 0.3 is 0 Å². The van der Waals surface area contributed by atoms with Gasteiger partial charge in [0.25, 0.3) is 5.79 Å². The molecule has 5 N–H and O–H groups in total. The fraction of sp³-hybridized carbons (Fsp3) is 1.00. The summed E-state index contributed by atoms with van der Waals surface area (Å²) in [6.45, 7) is 0. The topological polar surface area (TPSA) is 126 Å². The van der Waals surface area contributed by atoms with Crippen LogP contribution in [0.2, 0.25) is 0 Å². The second-order valence-corrected chi connectivity index (χ2v) is 3.25. The first-order chi connectivity index (χ1) is 6.00. The average Bonchev–Trinajstić information content (AvgIpc) is 2.91. The summed E-state index contributed by atoms with van der Waals surface area (Å²) in [7, 11) is 0. The van der Waals surface area contributed by atoms with Crippen molar-refractivity contribution in [3.05, 3.63) is 0 Å². The van der Waals surface area contributed by atoms with Gasteiger partial charge < -0.3 is 25.5 Å². The molecule has 1 aliphatic heterocycles. The maximum absolute atomic E-state index is 9.30. The van der Waals surface area contributed by atoms with Gasteiger partial charge in [-0.25, -0.2) is 0 Å². The van der Waals surface area contributed by atoms with Gasteiger partial charge in [-0.2, -0.15) is 9.78 Å². The zero-order valence-electron chi connectivity index (χ0n) is 6.44. The highest BCUT2D eigenvalue weighted by atomic mass is 17.4. The lowest BCUT2D eigenvalue weighted by Gasteiger charge is -2.37. The number of aliphatic hydroxyl groups excluding tert-OH is 5. The van der Waals surface area contributed by atoms with E-state index in [1.54, 1.807) is 0 Å². The molecule has 4 atom stereocenters. The highest BCUT2D eigenvalue weighted by molar-refractivity contribution is 5.06. The van der Waals surface area contributed by atoms with Crippen LogP contribution < -0.4 is 0 Å². The van der Waals surface area contributed by atoms with Crippen LogP contribution in [0.25, 0.3) is 0 Å². The number of hydrogen-bond donors (Lipinski definition) is 5. The van der Waals surface area contributed by atoms with Gasteiger partial charge in [0.1, 0.15) is 30.5 Å². The smallest absolute Gasteiger partial charge is 0.290 e. The van der Waals surface area contributed by atoms with Crippen LogP contribution in [0.4, 0.5) is 0 Å². The summed E-state index contributed by atoms with van der Waals surface area (Å²) >= 11 is 0.